The third-order valence-corrected chi connectivity index (χ3v) is 4.59. The van der Waals surface area contributed by atoms with Crippen molar-refractivity contribution in [3.8, 4) is 0 Å². The average molecular weight is 339 g/mol. The molecule has 0 aliphatic rings. The molecule has 23 heavy (non-hydrogen) atoms. The highest BCUT2D eigenvalue weighted by Gasteiger charge is 2.23. The molecule has 0 amide bonds. The summed E-state index contributed by atoms with van der Waals surface area (Å²) in [6.45, 7) is 0.550. The number of benzene rings is 1. The fraction of sp³-hybridized carbons (Fsp3) is 0.312. The van der Waals surface area contributed by atoms with E-state index in [-0.39, 0.29) is 19.4 Å². The van der Waals surface area contributed by atoms with E-state index in [1.807, 2.05) is 30.3 Å². The fourth-order valence-corrected chi connectivity index (χ4v) is 2.87. The molecule has 0 bridgehead atoms. The van der Waals surface area contributed by atoms with Gasteiger partial charge in [-0.15, -0.1) is 0 Å². The molecule has 0 aliphatic carbocycles. The van der Waals surface area contributed by atoms with Crippen LogP contribution in [-0.2, 0) is 27.9 Å². The summed E-state index contributed by atoms with van der Waals surface area (Å²) in [6.07, 6.45) is 1.15. The highest BCUT2D eigenvalue weighted by Crippen LogP contribution is 2.12. The molecule has 0 radical (unpaired) electrons. The molecule has 7 heteroatoms. The first kappa shape index (κ1) is 17.5. The van der Waals surface area contributed by atoms with Gasteiger partial charge in [0.1, 0.15) is 5.82 Å². The van der Waals surface area contributed by atoms with Crippen LogP contribution in [0.15, 0.2) is 48.7 Å². The lowest BCUT2D eigenvalue weighted by Crippen LogP contribution is -2.25. The van der Waals surface area contributed by atoms with Crippen molar-refractivity contribution in [3.63, 3.8) is 0 Å². The number of nitrogens with zero attached hydrogens (tertiary/aromatic N) is 1. The topological polar surface area (TPSA) is 76.5 Å². The highest BCUT2D eigenvalue weighted by atomic mass is 32.2. The van der Waals surface area contributed by atoms with Crippen LogP contribution in [0.2, 0.25) is 0 Å². The van der Waals surface area contributed by atoms with Gasteiger partial charge in [-0.05, 0) is 24.1 Å². The molecule has 0 spiro atoms. The summed E-state index contributed by atoms with van der Waals surface area (Å²) in [7, 11) is -4.23. The van der Waals surface area contributed by atoms with E-state index >= 15 is 0 Å². The van der Waals surface area contributed by atoms with E-state index in [9.17, 15) is 17.4 Å². The zero-order chi connectivity index (χ0) is 16.7. The molecule has 1 atom stereocenters. The van der Waals surface area contributed by atoms with Gasteiger partial charge in [0.05, 0.1) is 18.1 Å². The van der Waals surface area contributed by atoms with Crippen molar-refractivity contribution < 1.29 is 22.1 Å². The van der Waals surface area contributed by atoms with E-state index < -0.39 is 21.2 Å². The maximum absolute atomic E-state index is 12.8. The standard InChI is InChI=1S/C16H18FNO4S/c17-14-6-7-15(18-11-14)10-16(23(19,20)21)8-9-22-12-13-4-2-1-3-5-13/h1-7,11,16H,8-10,12H2,(H,19,20,21). The molecule has 0 fully saturated rings. The van der Waals surface area contributed by atoms with Crippen LogP contribution in [0, 0.1) is 5.82 Å². The van der Waals surface area contributed by atoms with E-state index in [0.29, 0.717) is 12.3 Å². The molecule has 124 valence electrons. The Morgan fingerprint density at radius 3 is 2.52 bits per heavy atom. The minimum absolute atomic E-state index is 0.00775. The first-order chi connectivity index (χ1) is 10.9. The predicted molar refractivity (Wildman–Crippen MR) is 84.0 cm³/mol. The number of ether oxygens (including phenoxy) is 1. The van der Waals surface area contributed by atoms with Crippen molar-refractivity contribution in [3.05, 3.63) is 65.7 Å². The van der Waals surface area contributed by atoms with Gasteiger partial charge in [-0.1, -0.05) is 30.3 Å². The van der Waals surface area contributed by atoms with Gasteiger partial charge in [0.2, 0.25) is 0 Å². The largest absolute Gasteiger partial charge is 0.377 e. The Balaban J connectivity index is 1.88. The molecule has 1 N–H and O–H groups in total. The van der Waals surface area contributed by atoms with Gasteiger partial charge in [-0.25, -0.2) is 4.39 Å². The molecule has 0 saturated carbocycles. The van der Waals surface area contributed by atoms with Gasteiger partial charge in [0, 0.05) is 18.7 Å². The number of rotatable bonds is 8. The Labute approximate surface area is 134 Å². The van der Waals surface area contributed by atoms with E-state index in [1.54, 1.807) is 0 Å². The maximum atomic E-state index is 12.8. The molecule has 1 unspecified atom stereocenters. The van der Waals surface area contributed by atoms with Crippen LogP contribution in [0.1, 0.15) is 17.7 Å². The first-order valence-corrected chi connectivity index (χ1v) is 8.64. The third kappa shape index (κ3) is 6.05. The summed E-state index contributed by atoms with van der Waals surface area (Å²) in [6, 6.07) is 12.1. The van der Waals surface area contributed by atoms with Gasteiger partial charge in [-0.3, -0.25) is 9.54 Å². The maximum Gasteiger partial charge on any atom is 0.268 e. The second-order valence-corrected chi connectivity index (χ2v) is 6.83. The Morgan fingerprint density at radius 2 is 1.91 bits per heavy atom. The molecule has 0 aliphatic heterocycles. The van der Waals surface area contributed by atoms with Crippen LogP contribution in [0.3, 0.4) is 0 Å². The number of halogens is 1. The normalized spacial score (nSPS) is 13.0. The fourth-order valence-electron chi connectivity index (χ4n) is 2.10. The third-order valence-electron chi connectivity index (χ3n) is 3.34. The average Bonchev–Trinajstić information content (AvgIpc) is 2.52. The summed E-state index contributed by atoms with van der Waals surface area (Å²) in [5.74, 6) is -0.497. The molecule has 1 aromatic carbocycles. The zero-order valence-corrected chi connectivity index (χ0v) is 13.2. The summed E-state index contributed by atoms with van der Waals surface area (Å²) < 4.78 is 50.5. The molecule has 0 saturated heterocycles. The second kappa shape index (κ2) is 8.14. The van der Waals surface area contributed by atoms with Gasteiger partial charge in [0.25, 0.3) is 10.1 Å². The van der Waals surface area contributed by atoms with Gasteiger partial charge in [0.15, 0.2) is 0 Å². The minimum Gasteiger partial charge on any atom is -0.377 e. The van der Waals surface area contributed by atoms with E-state index in [4.69, 9.17) is 4.74 Å². The number of hydrogen-bond donors (Lipinski definition) is 1. The smallest absolute Gasteiger partial charge is 0.268 e. The van der Waals surface area contributed by atoms with Crippen molar-refractivity contribution >= 4 is 10.1 Å². The molecular weight excluding hydrogens is 321 g/mol. The first-order valence-electron chi connectivity index (χ1n) is 7.13. The van der Waals surface area contributed by atoms with Crippen LogP contribution in [0.4, 0.5) is 4.39 Å². The lowest BCUT2D eigenvalue weighted by molar-refractivity contribution is 0.117. The van der Waals surface area contributed by atoms with Gasteiger partial charge < -0.3 is 4.74 Å². The number of hydrogen-bond acceptors (Lipinski definition) is 4. The molecule has 1 heterocycles. The zero-order valence-electron chi connectivity index (χ0n) is 12.4. The molecule has 2 aromatic rings. The quantitative estimate of drug-likeness (QED) is 0.591. The van der Waals surface area contributed by atoms with Crippen LogP contribution in [-0.4, -0.2) is 29.8 Å². The Kier molecular flexibility index (Phi) is 6.20. The van der Waals surface area contributed by atoms with Crippen LogP contribution >= 0.6 is 0 Å². The summed E-state index contributed by atoms with van der Waals surface area (Å²) >= 11 is 0. The molecular formula is C16H18FNO4S. The molecule has 1 aromatic heterocycles. The predicted octanol–water partition coefficient (Wildman–Crippen LogP) is 2.63. The van der Waals surface area contributed by atoms with Crippen molar-refractivity contribution in [2.45, 2.75) is 24.7 Å². The van der Waals surface area contributed by atoms with Crippen molar-refractivity contribution in [2.24, 2.45) is 0 Å². The van der Waals surface area contributed by atoms with Crippen molar-refractivity contribution in [2.75, 3.05) is 6.61 Å². The Bertz CT molecular complexity index is 705. The lowest BCUT2D eigenvalue weighted by Gasteiger charge is -2.13. The second-order valence-electron chi connectivity index (χ2n) is 5.14. The van der Waals surface area contributed by atoms with Crippen LogP contribution < -0.4 is 0 Å². The molecule has 5 nitrogen and oxygen atoms in total. The van der Waals surface area contributed by atoms with Crippen LogP contribution in [0.25, 0.3) is 0 Å². The van der Waals surface area contributed by atoms with Crippen LogP contribution in [0.5, 0.6) is 0 Å². The number of aromatic nitrogens is 1. The van der Waals surface area contributed by atoms with Gasteiger partial charge >= 0.3 is 0 Å². The Morgan fingerprint density at radius 1 is 1.17 bits per heavy atom. The summed E-state index contributed by atoms with van der Waals surface area (Å²) in [4.78, 5) is 3.82. The summed E-state index contributed by atoms with van der Waals surface area (Å²) in [5.41, 5.74) is 1.38. The Hall–Kier alpha value is -1.83. The van der Waals surface area contributed by atoms with Crippen molar-refractivity contribution in [1.82, 2.24) is 4.98 Å². The van der Waals surface area contributed by atoms with Crippen molar-refractivity contribution in [1.29, 1.82) is 0 Å². The van der Waals surface area contributed by atoms with E-state index in [1.165, 1.54) is 12.1 Å². The monoisotopic (exact) mass is 339 g/mol. The van der Waals surface area contributed by atoms with Gasteiger partial charge in [-0.2, -0.15) is 8.42 Å². The van der Waals surface area contributed by atoms with E-state index in [2.05, 4.69) is 4.98 Å². The SMILES string of the molecule is O=S(=O)(O)C(CCOCc1ccccc1)Cc1ccc(F)cn1. The minimum atomic E-state index is -4.23. The highest BCUT2D eigenvalue weighted by molar-refractivity contribution is 7.86. The number of pyridine rings is 1. The lowest BCUT2D eigenvalue weighted by atomic mass is 10.2. The summed E-state index contributed by atoms with van der Waals surface area (Å²) in [5, 5.41) is -1.03. The van der Waals surface area contributed by atoms with E-state index in [0.717, 1.165) is 11.8 Å². The molecule has 2 rings (SSSR count).